The van der Waals surface area contributed by atoms with Crippen molar-refractivity contribution in [2.75, 3.05) is 18.9 Å². The first-order valence-corrected chi connectivity index (χ1v) is 6.88. The molecule has 0 atom stereocenters. The molecule has 0 bridgehead atoms. The molecule has 1 heterocycles. The van der Waals surface area contributed by atoms with Gasteiger partial charge in [0, 0.05) is 6.04 Å². The minimum atomic E-state index is -0.417. The Morgan fingerprint density at radius 2 is 2.11 bits per heavy atom. The Morgan fingerprint density at radius 1 is 1.47 bits per heavy atom. The second kappa shape index (κ2) is 6.51. The van der Waals surface area contributed by atoms with E-state index in [9.17, 15) is 9.59 Å². The van der Waals surface area contributed by atoms with Crippen molar-refractivity contribution in [3.63, 3.8) is 0 Å². The summed E-state index contributed by atoms with van der Waals surface area (Å²) in [7, 11) is 0. The maximum atomic E-state index is 12.4. The van der Waals surface area contributed by atoms with Crippen LogP contribution in [0.1, 0.15) is 36.1 Å². The SMILES string of the molecule is CCOC(=O)CN(C(=O)c1sc(N)nc1C)C(C)C. The highest BCUT2D eigenvalue weighted by molar-refractivity contribution is 7.17. The predicted octanol–water partition coefficient (Wildman–Crippen LogP) is 1.45. The van der Waals surface area contributed by atoms with Crippen LogP contribution in [0, 0.1) is 6.92 Å². The Balaban J connectivity index is 2.90. The van der Waals surface area contributed by atoms with Crippen molar-refractivity contribution < 1.29 is 14.3 Å². The van der Waals surface area contributed by atoms with Crippen LogP contribution in [0.4, 0.5) is 5.13 Å². The van der Waals surface area contributed by atoms with Gasteiger partial charge >= 0.3 is 5.97 Å². The van der Waals surface area contributed by atoms with Crippen molar-refractivity contribution in [3.05, 3.63) is 10.6 Å². The normalized spacial score (nSPS) is 10.6. The summed E-state index contributed by atoms with van der Waals surface area (Å²) in [5.41, 5.74) is 6.17. The number of ether oxygens (including phenoxy) is 1. The Hall–Kier alpha value is -1.63. The second-order valence-corrected chi connectivity index (χ2v) is 5.33. The minimum Gasteiger partial charge on any atom is -0.465 e. The van der Waals surface area contributed by atoms with Crippen LogP contribution < -0.4 is 5.73 Å². The van der Waals surface area contributed by atoms with E-state index in [2.05, 4.69) is 4.98 Å². The van der Waals surface area contributed by atoms with Crippen LogP contribution in [0.2, 0.25) is 0 Å². The maximum absolute atomic E-state index is 12.4. The van der Waals surface area contributed by atoms with Crippen molar-refractivity contribution >= 4 is 28.3 Å². The molecule has 106 valence electrons. The van der Waals surface area contributed by atoms with E-state index in [0.717, 1.165) is 11.3 Å². The molecular weight excluding hydrogens is 266 g/mol. The summed E-state index contributed by atoms with van der Waals surface area (Å²) >= 11 is 1.13. The molecule has 0 aliphatic carbocycles. The van der Waals surface area contributed by atoms with E-state index in [1.165, 1.54) is 4.90 Å². The molecule has 0 spiro atoms. The molecule has 0 aromatic carbocycles. The number of rotatable bonds is 5. The zero-order chi connectivity index (χ0) is 14.6. The molecule has 0 saturated carbocycles. The highest BCUT2D eigenvalue weighted by atomic mass is 32.1. The smallest absolute Gasteiger partial charge is 0.325 e. The summed E-state index contributed by atoms with van der Waals surface area (Å²) in [5, 5.41) is 0.348. The average molecular weight is 285 g/mol. The fourth-order valence-electron chi connectivity index (χ4n) is 1.58. The summed E-state index contributed by atoms with van der Waals surface area (Å²) in [6.07, 6.45) is 0. The van der Waals surface area contributed by atoms with Gasteiger partial charge in [0.2, 0.25) is 0 Å². The van der Waals surface area contributed by atoms with E-state index in [1.807, 2.05) is 13.8 Å². The number of aryl methyl sites for hydroxylation is 1. The lowest BCUT2D eigenvalue weighted by Gasteiger charge is -2.25. The first-order chi connectivity index (χ1) is 8.86. The van der Waals surface area contributed by atoms with Crippen LogP contribution in [-0.2, 0) is 9.53 Å². The van der Waals surface area contributed by atoms with Crippen LogP contribution >= 0.6 is 11.3 Å². The Bertz CT molecular complexity index is 471. The lowest BCUT2D eigenvalue weighted by Crippen LogP contribution is -2.41. The summed E-state index contributed by atoms with van der Waals surface area (Å²) in [6, 6.07) is -0.111. The van der Waals surface area contributed by atoms with E-state index < -0.39 is 5.97 Å². The summed E-state index contributed by atoms with van der Waals surface area (Å²) in [4.78, 5) is 29.9. The van der Waals surface area contributed by atoms with Gasteiger partial charge in [-0.25, -0.2) is 4.98 Å². The zero-order valence-corrected chi connectivity index (χ0v) is 12.4. The molecule has 0 aliphatic rings. The van der Waals surface area contributed by atoms with Crippen molar-refractivity contribution in [3.8, 4) is 0 Å². The van der Waals surface area contributed by atoms with Crippen LogP contribution in [0.3, 0.4) is 0 Å². The van der Waals surface area contributed by atoms with Gasteiger partial charge in [-0.15, -0.1) is 0 Å². The van der Waals surface area contributed by atoms with Gasteiger partial charge in [-0.1, -0.05) is 11.3 Å². The van der Waals surface area contributed by atoms with Crippen molar-refractivity contribution in [1.82, 2.24) is 9.88 Å². The lowest BCUT2D eigenvalue weighted by atomic mass is 10.2. The molecule has 19 heavy (non-hydrogen) atoms. The number of amides is 1. The van der Waals surface area contributed by atoms with E-state index in [1.54, 1.807) is 13.8 Å². The highest BCUT2D eigenvalue weighted by Crippen LogP contribution is 2.22. The standard InChI is InChI=1S/C12H19N3O3S/c1-5-18-9(16)6-15(7(2)3)11(17)10-8(4)14-12(13)19-10/h7H,5-6H2,1-4H3,(H2,13,14). The zero-order valence-electron chi connectivity index (χ0n) is 11.6. The molecule has 0 saturated heterocycles. The van der Waals surface area contributed by atoms with E-state index in [0.29, 0.717) is 22.3 Å². The molecule has 0 fully saturated rings. The second-order valence-electron chi connectivity index (χ2n) is 4.30. The number of hydrogen-bond donors (Lipinski definition) is 1. The largest absolute Gasteiger partial charge is 0.465 e. The number of thiazole rings is 1. The van der Waals surface area contributed by atoms with Gasteiger partial charge in [0.1, 0.15) is 11.4 Å². The van der Waals surface area contributed by atoms with Crippen LogP contribution in [0.25, 0.3) is 0 Å². The van der Waals surface area contributed by atoms with Gasteiger partial charge < -0.3 is 15.4 Å². The van der Waals surface area contributed by atoms with Gasteiger partial charge in [-0.2, -0.15) is 0 Å². The van der Waals surface area contributed by atoms with Crippen LogP contribution in [0.5, 0.6) is 0 Å². The number of esters is 1. The molecule has 2 N–H and O–H groups in total. The van der Waals surface area contributed by atoms with Gasteiger partial charge in [0.15, 0.2) is 5.13 Å². The third-order valence-corrected chi connectivity index (χ3v) is 3.47. The predicted molar refractivity (Wildman–Crippen MR) is 74.1 cm³/mol. The molecule has 0 unspecified atom stereocenters. The van der Waals surface area contributed by atoms with Crippen molar-refractivity contribution in [2.45, 2.75) is 33.7 Å². The van der Waals surface area contributed by atoms with Crippen molar-refractivity contribution in [2.24, 2.45) is 0 Å². The number of nitrogens with zero attached hydrogens (tertiary/aromatic N) is 2. The first kappa shape index (κ1) is 15.4. The van der Waals surface area contributed by atoms with E-state index in [4.69, 9.17) is 10.5 Å². The van der Waals surface area contributed by atoms with Gasteiger partial charge in [0.05, 0.1) is 12.3 Å². The lowest BCUT2D eigenvalue weighted by molar-refractivity contribution is -0.144. The van der Waals surface area contributed by atoms with Gasteiger partial charge in [-0.05, 0) is 27.7 Å². The third-order valence-electron chi connectivity index (χ3n) is 2.50. The van der Waals surface area contributed by atoms with Gasteiger partial charge in [0.25, 0.3) is 5.91 Å². The highest BCUT2D eigenvalue weighted by Gasteiger charge is 2.25. The maximum Gasteiger partial charge on any atom is 0.325 e. The average Bonchev–Trinajstić information content (AvgIpc) is 2.64. The van der Waals surface area contributed by atoms with Gasteiger partial charge in [-0.3, -0.25) is 9.59 Å². The summed E-state index contributed by atoms with van der Waals surface area (Å²) in [6.45, 7) is 7.37. The molecule has 6 nitrogen and oxygen atoms in total. The number of anilines is 1. The van der Waals surface area contributed by atoms with Crippen molar-refractivity contribution in [1.29, 1.82) is 0 Å². The Kier molecular flexibility index (Phi) is 5.29. The Morgan fingerprint density at radius 3 is 2.53 bits per heavy atom. The molecule has 0 aliphatic heterocycles. The topological polar surface area (TPSA) is 85.5 Å². The first-order valence-electron chi connectivity index (χ1n) is 6.06. The number of nitrogens with two attached hydrogens (primary N) is 1. The molecule has 1 aromatic rings. The number of aromatic nitrogens is 1. The van der Waals surface area contributed by atoms with Crippen LogP contribution in [0.15, 0.2) is 0 Å². The monoisotopic (exact) mass is 285 g/mol. The van der Waals surface area contributed by atoms with E-state index in [-0.39, 0.29) is 18.5 Å². The molecule has 1 rings (SSSR count). The molecule has 1 aromatic heterocycles. The summed E-state index contributed by atoms with van der Waals surface area (Å²) in [5.74, 6) is -0.658. The molecule has 0 radical (unpaired) electrons. The fraction of sp³-hybridized carbons (Fsp3) is 0.583. The quantitative estimate of drug-likeness (QED) is 0.827. The minimum absolute atomic E-state index is 0.0679. The number of hydrogen-bond acceptors (Lipinski definition) is 6. The number of carbonyl (C=O) groups excluding carboxylic acids is 2. The number of carbonyl (C=O) groups is 2. The molecular formula is C12H19N3O3S. The summed E-state index contributed by atoms with van der Waals surface area (Å²) < 4.78 is 4.87. The third kappa shape index (κ3) is 3.92. The molecule has 7 heteroatoms. The number of nitrogen functional groups attached to an aromatic ring is 1. The van der Waals surface area contributed by atoms with Crippen LogP contribution in [-0.4, -0.2) is 41.0 Å². The Labute approximate surface area is 116 Å². The fourth-order valence-corrected chi connectivity index (χ4v) is 2.37. The molecule has 1 amide bonds. The van der Waals surface area contributed by atoms with E-state index >= 15 is 0 Å².